The second kappa shape index (κ2) is 5.99. The number of rotatable bonds is 6. The lowest BCUT2D eigenvalue weighted by atomic mass is 10.3. The standard InChI is InChI=1S/C7H16ClO4P/c1-6(2)7(8)13(10,11)12-5-3-4-9/h6-7,9H,3-5H2,1-2H3,(H,10,11). The fraction of sp³-hybridized carbons (Fsp3) is 1.00. The predicted octanol–water partition coefficient (Wildman–Crippen LogP) is 1.79. The van der Waals surface area contributed by atoms with Crippen molar-refractivity contribution in [3.63, 3.8) is 0 Å². The summed E-state index contributed by atoms with van der Waals surface area (Å²) in [6.07, 6.45) is 0.340. The van der Waals surface area contributed by atoms with Crippen molar-refractivity contribution >= 4 is 19.2 Å². The van der Waals surface area contributed by atoms with Crippen molar-refractivity contribution in [1.82, 2.24) is 0 Å². The van der Waals surface area contributed by atoms with Gasteiger partial charge in [0, 0.05) is 6.61 Å². The molecule has 0 aromatic heterocycles. The number of alkyl halides is 1. The first kappa shape index (κ1) is 13.4. The fourth-order valence-electron chi connectivity index (χ4n) is 0.708. The van der Waals surface area contributed by atoms with Crippen molar-refractivity contribution in [1.29, 1.82) is 0 Å². The summed E-state index contributed by atoms with van der Waals surface area (Å²) in [5, 5.41) is 7.54. The van der Waals surface area contributed by atoms with Gasteiger partial charge in [-0.3, -0.25) is 4.57 Å². The third-order valence-corrected chi connectivity index (χ3v) is 4.46. The van der Waals surface area contributed by atoms with E-state index in [9.17, 15) is 9.46 Å². The van der Waals surface area contributed by atoms with Crippen LogP contribution in [0.5, 0.6) is 0 Å². The highest BCUT2D eigenvalue weighted by atomic mass is 35.5. The van der Waals surface area contributed by atoms with Crippen LogP contribution in [0.3, 0.4) is 0 Å². The highest BCUT2D eigenvalue weighted by molar-refractivity contribution is 7.55. The maximum Gasteiger partial charge on any atom is 0.346 e. The summed E-state index contributed by atoms with van der Waals surface area (Å²) in [6, 6.07) is 0. The highest BCUT2D eigenvalue weighted by Crippen LogP contribution is 2.52. The molecule has 0 aliphatic rings. The van der Waals surface area contributed by atoms with Crippen LogP contribution in [0.1, 0.15) is 20.3 Å². The second-order valence-electron chi connectivity index (χ2n) is 3.09. The van der Waals surface area contributed by atoms with E-state index in [-0.39, 0.29) is 19.1 Å². The summed E-state index contributed by atoms with van der Waals surface area (Å²) >= 11 is 5.69. The molecule has 0 aliphatic carbocycles. The van der Waals surface area contributed by atoms with E-state index in [1.54, 1.807) is 13.8 Å². The predicted molar refractivity (Wildman–Crippen MR) is 52.0 cm³/mol. The number of halogens is 1. The lowest BCUT2D eigenvalue weighted by molar-refractivity contribution is 0.211. The molecule has 0 aliphatic heterocycles. The Balaban J connectivity index is 3.99. The summed E-state index contributed by atoms with van der Waals surface area (Å²) in [7, 11) is -3.72. The van der Waals surface area contributed by atoms with Crippen LogP contribution in [0.25, 0.3) is 0 Å². The van der Waals surface area contributed by atoms with E-state index in [0.29, 0.717) is 6.42 Å². The molecule has 0 saturated heterocycles. The zero-order valence-corrected chi connectivity index (χ0v) is 9.46. The Bertz CT molecular complexity index is 185. The molecular weight excluding hydrogens is 214 g/mol. The maximum absolute atomic E-state index is 11.3. The molecule has 80 valence electrons. The first-order valence-corrected chi connectivity index (χ1v) is 6.22. The zero-order valence-electron chi connectivity index (χ0n) is 7.81. The maximum atomic E-state index is 11.3. The van der Waals surface area contributed by atoms with Gasteiger partial charge >= 0.3 is 7.60 Å². The second-order valence-corrected chi connectivity index (χ2v) is 5.81. The molecule has 0 bridgehead atoms. The minimum absolute atomic E-state index is 0.0558. The number of aliphatic hydroxyl groups excluding tert-OH is 1. The van der Waals surface area contributed by atoms with Crippen molar-refractivity contribution in [2.45, 2.75) is 25.4 Å². The normalized spacial score (nSPS) is 18.6. The van der Waals surface area contributed by atoms with Gasteiger partial charge in [-0.05, 0) is 12.3 Å². The summed E-state index contributed by atoms with van der Waals surface area (Å²) in [5.74, 6) is -0.119. The van der Waals surface area contributed by atoms with E-state index in [0.717, 1.165) is 0 Å². The molecule has 0 amide bonds. The molecule has 13 heavy (non-hydrogen) atoms. The average Bonchev–Trinajstić information content (AvgIpc) is 2.03. The molecule has 0 fully saturated rings. The smallest absolute Gasteiger partial charge is 0.346 e. The van der Waals surface area contributed by atoms with Crippen LogP contribution in [0, 0.1) is 5.92 Å². The van der Waals surface area contributed by atoms with Crippen molar-refractivity contribution in [3.05, 3.63) is 0 Å². The molecule has 4 nitrogen and oxygen atoms in total. The van der Waals surface area contributed by atoms with Gasteiger partial charge in [0.15, 0.2) is 0 Å². The molecule has 0 heterocycles. The molecule has 0 saturated carbocycles. The Morgan fingerprint density at radius 1 is 1.54 bits per heavy atom. The molecular formula is C7H16ClO4P. The molecule has 6 heteroatoms. The number of hydrogen-bond acceptors (Lipinski definition) is 3. The molecule has 0 spiro atoms. The van der Waals surface area contributed by atoms with Crippen LogP contribution in [0.2, 0.25) is 0 Å². The number of aliphatic hydroxyl groups is 1. The van der Waals surface area contributed by atoms with Crippen molar-refractivity contribution in [3.8, 4) is 0 Å². The van der Waals surface area contributed by atoms with Crippen molar-refractivity contribution in [2.24, 2.45) is 5.92 Å². The van der Waals surface area contributed by atoms with E-state index in [2.05, 4.69) is 0 Å². The topological polar surface area (TPSA) is 66.8 Å². The quantitative estimate of drug-likeness (QED) is 0.415. The Labute approximate surface area is 83.4 Å². The van der Waals surface area contributed by atoms with E-state index >= 15 is 0 Å². The Morgan fingerprint density at radius 2 is 2.08 bits per heavy atom. The van der Waals surface area contributed by atoms with Crippen LogP contribution in [0.4, 0.5) is 0 Å². The molecule has 2 unspecified atom stereocenters. The summed E-state index contributed by atoms with van der Waals surface area (Å²) in [5.41, 5.74) is 0. The van der Waals surface area contributed by atoms with Gasteiger partial charge in [0.25, 0.3) is 0 Å². The van der Waals surface area contributed by atoms with Crippen LogP contribution >= 0.6 is 19.2 Å². The van der Waals surface area contributed by atoms with Crippen LogP contribution < -0.4 is 0 Å². The van der Waals surface area contributed by atoms with E-state index < -0.39 is 12.7 Å². The van der Waals surface area contributed by atoms with Crippen molar-refractivity contribution < 1.29 is 19.1 Å². The lowest BCUT2D eigenvalue weighted by Gasteiger charge is -2.19. The Hall–Kier alpha value is 0.400. The average molecular weight is 231 g/mol. The van der Waals surface area contributed by atoms with E-state index in [1.165, 1.54) is 0 Å². The van der Waals surface area contributed by atoms with Gasteiger partial charge in [-0.2, -0.15) is 0 Å². The zero-order chi connectivity index (χ0) is 10.5. The molecule has 0 aromatic carbocycles. The Morgan fingerprint density at radius 3 is 2.46 bits per heavy atom. The molecule has 0 rings (SSSR count). The monoisotopic (exact) mass is 230 g/mol. The largest absolute Gasteiger partial charge is 0.396 e. The highest BCUT2D eigenvalue weighted by Gasteiger charge is 2.32. The minimum Gasteiger partial charge on any atom is -0.396 e. The minimum atomic E-state index is -3.72. The fourth-order valence-corrected chi connectivity index (χ4v) is 2.16. The van der Waals surface area contributed by atoms with Crippen LogP contribution in [-0.4, -0.2) is 28.3 Å². The summed E-state index contributed by atoms with van der Waals surface area (Å²) in [6.45, 7) is 3.49. The van der Waals surface area contributed by atoms with Crippen molar-refractivity contribution in [2.75, 3.05) is 13.2 Å². The van der Waals surface area contributed by atoms with Gasteiger partial charge in [0.05, 0.1) is 6.61 Å². The summed E-state index contributed by atoms with van der Waals surface area (Å²) < 4.78 is 16.1. The lowest BCUT2D eigenvalue weighted by Crippen LogP contribution is -2.11. The Kier molecular flexibility index (Phi) is 6.18. The van der Waals surface area contributed by atoms with Gasteiger partial charge in [0.2, 0.25) is 0 Å². The van der Waals surface area contributed by atoms with Gasteiger partial charge in [-0.25, -0.2) is 0 Å². The van der Waals surface area contributed by atoms with Gasteiger partial charge < -0.3 is 14.5 Å². The molecule has 2 N–H and O–H groups in total. The molecule has 0 aromatic rings. The van der Waals surface area contributed by atoms with Gasteiger partial charge in [0.1, 0.15) is 5.12 Å². The first-order valence-electron chi connectivity index (χ1n) is 4.13. The van der Waals surface area contributed by atoms with Crippen LogP contribution in [0.15, 0.2) is 0 Å². The molecule has 0 radical (unpaired) electrons. The third kappa shape index (κ3) is 4.99. The van der Waals surface area contributed by atoms with E-state index in [4.69, 9.17) is 21.2 Å². The third-order valence-electron chi connectivity index (χ3n) is 1.44. The number of hydrogen-bond donors (Lipinski definition) is 2. The SMILES string of the molecule is CC(C)C(Cl)P(=O)(O)OCCCO. The van der Waals surface area contributed by atoms with Crippen LogP contribution in [-0.2, 0) is 9.09 Å². The van der Waals surface area contributed by atoms with E-state index in [1.807, 2.05) is 0 Å². The first-order chi connectivity index (χ1) is 5.91. The molecule has 2 atom stereocenters. The summed E-state index contributed by atoms with van der Waals surface area (Å²) in [4.78, 5) is 9.30. The van der Waals surface area contributed by atoms with Gasteiger partial charge in [-0.1, -0.05) is 13.8 Å². The van der Waals surface area contributed by atoms with Gasteiger partial charge in [-0.15, -0.1) is 11.6 Å².